The van der Waals surface area contributed by atoms with Crippen LogP contribution >= 0.6 is 0 Å². The van der Waals surface area contributed by atoms with Crippen LogP contribution in [-0.2, 0) is 4.79 Å². The third kappa shape index (κ3) is 8.38. The van der Waals surface area contributed by atoms with Crippen molar-refractivity contribution in [2.75, 3.05) is 13.1 Å². The molecular formula is C16H28N2O3. The molecule has 1 rings (SSSR count). The van der Waals surface area contributed by atoms with Gasteiger partial charge in [-0.25, -0.2) is 4.79 Å². The van der Waals surface area contributed by atoms with Crippen LogP contribution in [0.1, 0.15) is 58.3 Å². The third-order valence-electron chi connectivity index (χ3n) is 4.05. The van der Waals surface area contributed by atoms with Crippen LogP contribution in [-0.4, -0.2) is 30.2 Å². The molecule has 1 aliphatic rings. The van der Waals surface area contributed by atoms with Gasteiger partial charge in [-0.15, -0.1) is 0 Å². The first-order chi connectivity index (χ1) is 10.1. The van der Waals surface area contributed by atoms with E-state index in [9.17, 15) is 9.59 Å². The first-order valence-corrected chi connectivity index (χ1v) is 8.03. The number of amides is 2. The Hall–Kier alpha value is -1.52. The smallest absolute Gasteiger partial charge is 0.314 e. The Kier molecular flexibility index (Phi) is 8.55. The maximum absolute atomic E-state index is 11.6. The number of hydrogen-bond acceptors (Lipinski definition) is 2. The largest absolute Gasteiger partial charge is 0.481 e. The zero-order valence-electron chi connectivity index (χ0n) is 13.0. The molecule has 1 atom stereocenters. The molecule has 0 radical (unpaired) electrons. The zero-order chi connectivity index (χ0) is 15.5. The Labute approximate surface area is 127 Å². The number of rotatable bonds is 10. The molecule has 0 saturated heterocycles. The van der Waals surface area contributed by atoms with Gasteiger partial charge in [-0.1, -0.05) is 25.0 Å². The molecule has 0 aromatic heterocycles. The van der Waals surface area contributed by atoms with Crippen LogP contribution < -0.4 is 10.6 Å². The number of carbonyl (C=O) groups excluding carboxylic acids is 1. The van der Waals surface area contributed by atoms with Crippen molar-refractivity contribution in [2.24, 2.45) is 5.92 Å². The van der Waals surface area contributed by atoms with Crippen molar-refractivity contribution in [1.82, 2.24) is 10.6 Å². The number of nitrogens with one attached hydrogen (secondary N) is 2. The van der Waals surface area contributed by atoms with Crippen molar-refractivity contribution < 1.29 is 14.7 Å². The number of carboxylic acids is 1. The molecule has 0 bridgehead atoms. The van der Waals surface area contributed by atoms with Gasteiger partial charge in [0.2, 0.25) is 0 Å². The average Bonchev–Trinajstić information content (AvgIpc) is 2.95. The number of aliphatic carboxylic acids is 1. The number of urea groups is 1. The molecular weight excluding hydrogens is 268 g/mol. The summed E-state index contributed by atoms with van der Waals surface area (Å²) in [5, 5.41) is 14.4. The highest BCUT2D eigenvalue weighted by Crippen LogP contribution is 2.19. The predicted octanol–water partition coefficient (Wildman–Crippen LogP) is 3.07. The van der Waals surface area contributed by atoms with Gasteiger partial charge in [-0.2, -0.15) is 0 Å². The molecule has 5 nitrogen and oxygen atoms in total. The van der Waals surface area contributed by atoms with Gasteiger partial charge in [0, 0.05) is 19.5 Å². The molecule has 0 aliphatic heterocycles. The summed E-state index contributed by atoms with van der Waals surface area (Å²) in [5.41, 5.74) is 1.45. The van der Waals surface area contributed by atoms with Gasteiger partial charge in [0.05, 0.1) is 0 Å². The molecule has 0 saturated carbocycles. The molecule has 0 fully saturated rings. The van der Waals surface area contributed by atoms with Gasteiger partial charge in [-0.3, -0.25) is 4.79 Å². The van der Waals surface area contributed by atoms with Gasteiger partial charge in [0.25, 0.3) is 0 Å². The van der Waals surface area contributed by atoms with E-state index in [1.54, 1.807) is 0 Å². The molecule has 1 aliphatic carbocycles. The second kappa shape index (κ2) is 10.2. The Morgan fingerprint density at radius 2 is 2.05 bits per heavy atom. The summed E-state index contributed by atoms with van der Waals surface area (Å²) in [4.78, 5) is 22.2. The highest BCUT2D eigenvalue weighted by molar-refractivity contribution is 5.73. The lowest BCUT2D eigenvalue weighted by molar-refractivity contribution is -0.137. The second-order valence-corrected chi connectivity index (χ2v) is 5.68. The van der Waals surface area contributed by atoms with E-state index >= 15 is 0 Å². The fraction of sp³-hybridized carbons (Fsp3) is 0.750. The minimum Gasteiger partial charge on any atom is -0.481 e. The molecule has 2 amide bonds. The normalized spacial score (nSPS) is 15.4. The zero-order valence-corrected chi connectivity index (χ0v) is 13.0. The van der Waals surface area contributed by atoms with E-state index < -0.39 is 5.97 Å². The van der Waals surface area contributed by atoms with Crippen molar-refractivity contribution >= 4 is 12.0 Å². The number of carbonyl (C=O) groups is 2. The fourth-order valence-electron chi connectivity index (χ4n) is 2.63. The maximum atomic E-state index is 11.6. The van der Waals surface area contributed by atoms with E-state index in [0.717, 1.165) is 19.3 Å². The van der Waals surface area contributed by atoms with Gasteiger partial charge in [-0.05, 0) is 44.4 Å². The number of hydrogen-bond donors (Lipinski definition) is 3. The molecule has 0 heterocycles. The Morgan fingerprint density at radius 3 is 2.67 bits per heavy atom. The highest BCUT2D eigenvalue weighted by Gasteiger charge is 2.10. The standard InChI is InChI=1S/C16H28N2O3/c1-2-13(7-8-15(19)20)9-11-17-16(21)18-12-10-14-5-3-4-6-14/h5,13H,2-4,6-12H2,1H3,(H,19,20)(H2,17,18,21). The lowest BCUT2D eigenvalue weighted by Crippen LogP contribution is -2.37. The van der Waals surface area contributed by atoms with Gasteiger partial charge >= 0.3 is 12.0 Å². The van der Waals surface area contributed by atoms with Crippen molar-refractivity contribution in [1.29, 1.82) is 0 Å². The monoisotopic (exact) mass is 296 g/mol. The molecule has 0 spiro atoms. The van der Waals surface area contributed by atoms with Crippen LogP contribution in [0.5, 0.6) is 0 Å². The van der Waals surface area contributed by atoms with Crippen molar-refractivity contribution in [3.63, 3.8) is 0 Å². The Bertz CT molecular complexity index is 367. The molecule has 21 heavy (non-hydrogen) atoms. The van der Waals surface area contributed by atoms with Crippen LogP contribution in [0.4, 0.5) is 4.79 Å². The van der Waals surface area contributed by atoms with E-state index in [1.807, 2.05) is 0 Å². The van der Waals surface area contributed by atoms with Crippen LogP contribution in [0.2, 0.25) is 0 Å². The first kappa shape index (κ1) is 17.5. The van der Waals surface area contributed by atoms with E-state index in [1.165, 1.54) is 24.8 Å². The summed E-state index contributed by atoms with van der Waals surface area (Å²) in [6.45, 7) is 3.35. The Morgan fingerprint density at radius 1 is 1.29 bits per heavy atom. The third-order valence-corrected chi connectivity index (χ3v) is 4.05. The van der Waals surface area contributed by atoms with Crippen molar-refractivity contribution in [2.45, 2.75) is 58.3 Å². The SMILES string of the molecule is CCC(CCNC(=O)NCCC1=CCCC1)CCC(=O)O. The lowest BCUT2D eigenvalue weighted by atomic mass is 9.97. The predicted molar refractivity (Wildman–Crippen MR) is 83.2 cm³/mol. The highest BCUT2D eigenvalue weighted by atomic mass is 16.4. The fourth-order valence-corrected chi connectivity index (χ4v) is 2.63. The van der Waals surface area contributed by atoms with E-state index in [4.69, 9.17) is 5.11 Å². The summed E-state index contributed by atoms with van der Waals surface area (Å²) in [5.74, 6) is -0.384. The molecule has 0 aromatic rings. The van der Waals surface area contributed by atoms with Crippen molar-refractivity contribution in [3.05, 3.63) is 11.6 Å². The van der Waals surface area contributed by atoms with Crippen LogP contribution in [0.15, 0.2) is 11.6 Å². The summed E-state index contributed by atoms with van der Waals surface area (Å²) in [7, 11) is 0. The molecule has 120 valence electrons. The first-order valence-electron chi connectivity index (χ1n) is 8.03. The van der Waals surface area contributed by atoms with Gasteiger partial charge in [0.15, 0.2) is 0 Å². The van der Waals surface area contributed by atoms with Crippen LogP contribution in [0, 0.1) is 5.92 Å². The molecule has 5 heteroatoms. The maximum Gasteiger partial charge on any atom is 0.314 e. The molecule has 0 aromatic carbocycles. The summed E-state index contributed by atoms with van der Waals surface area (Å²) in [6.07, 6.45) is 9.49. The second-order valence-electron chi connectivity index (χ2n) is 5.68. The molecule has 3 N–H and O–H groups in total. The summed E-state index contributed by atoms with van der Waals surface area (Å²) in [6, 6.07) is -0.123. The minimum absolute atomic E-state index is 0.123. The van der Waals surface area contributed by atoms with Crippen LogP contribution in [0.25, 0.3) is 0 Å². The number of carboxylic acid groups (broad SMARTS) is 1. The Balaban J connectivity index is 2.04. The summed E-state index contributed by atoms with van der Waals surface area (Å²) >= 11 is 0. The van der Waals surface area contributed by atoms with Crippen molar-refractivity contribution in [3.8, 4) is 0 Å². The quantitative estimate of drug-likeness (QED) is 0.542. The van der Waals surface area contributed by atoms with Crippen LogP contribution in [0.3, 0.4) is 0 Å². The van der Waals surface area contributed by atoms with Gasteiger partial charge < -0.3 is 15.7 Å². The summed E-state index contributed by atoms with van der Waals surface area (Å²) < 4.78 is 0. The van der Waals surface area contributed by atoms with E-state index in [2.05, 4.69) is 23.6 Å². The average molecular weight is 296 g/mol. The topological polar surface area (TPSA) is 78.4 Å². The lowest BCUT2D eigenvalue weighted by Gasteiger charge is -2.14. The molecule has 1 unspecified atom stereocenters. The van der Waals surface area contributed by atoms with E-state index in [-0.39, 0.29) is 12.5 Å². The number of allylic oxidation sites excluding steroid dienone is 1. The van der Waals surface area contributed by atoms with E-state index in [0.29, 0.717) is 25.4 Å². The van der Waals surface area contributed by atoms with Gasteiger partial charge in [0.1, 0.15) is 0 Å². The minimum atomic E-state index is -0.750.